The average Bonchev–Trinajstić information content (AvgIpc) is 3.36. The Kier molecular flexibility index (Phi) is 6.70. The van der Waals surface area contributed by atoms with Crippen LogP contribution >= 0.6 is 23.5 Å². The lowest BCUT2D eigenvalue weighted by Crippen LogP contribution is -2.40. The number of amides is 1. The van der Waals surface area contributed by atoms with Gasteiger partial charge in [0, 0.05) is 18.0 Å². The number of para-hydroxylation sites is 1. The van der Waals surface area contributed by atoms with Gasteiger partial charge in [-0.1, -0.05) is 43.2 Å². The first-order chi connectivity index (χ1) is 16.6. The maximum absolute atomic E-state index is 13.8. The van der Waals surface area contributed by atoms with E-state index in [1.165, 1.54) is 18.2 Å². The molecule has 0 atom stereocenters. The van der Waals surface area contributed by atoms with Crippen LogP contribution in [0.2, 0.25) is 0 Å². The Labute approximate surface area is 208 Å². The Morgan fingerprint density at radius 2 is 1.79 bits per heavy atom. The van der Waals surface area contributed by atoms with Crippen LogP contribution < -0.4 is 4.90 Å². The molecule has 8 heteroatoms. The second-order valence-corrected chi connectivity index (χ2v) is 10.5. The third-order valence-electron chi connectivity index (χ3n) is 6.29. The molecule has 2 heterocycles. The number of benzene rings is 2. The van der Waals surface area contributed by atoms with Gasteiger partial charge in [-0.2, -0.15) is 0 Å². The van der Waals surface area contributed by atoms with Crippen molar-refractivity contribution >= 4 is 51.9 Å². The van der Waals surface area contributed by atoms with E-state index in [4.69, 9.17) is 9.73 Å². The third kappa shape index (κ3) is 4.36. The summed E-state index contributed by atoms with van der Waals surface area (Å²) in [6, 6.07) is 15.4. The lowest BCUT2D eigenvalue weighted by Gasteiger charge is -2.30. The van der Waals surface area contributed by atoms with Crippen LogP contribution in [0.5, 0.6) is 0 Å². The summed E-state index contributed by atoms with van der Waals surface area (Å²) in [5, 5.41) is 1.67. The summed E-state index contributed by atoms with van der Waals surface area (Å²) in [5.41, 5.74) is 2.33. The first kappa shape index (κ1) is 23.1. The third-order valence-corrected chi connectivity index (χ3v) is 8.70. The zero-order valence-electron chi connectivity index (χ0n) is 19.3. The molecule has 0 N–H and O–H groups in total. The van der Waals surface area contributed by atoms with Crippen LogP contribution in [0.1, 0.15) is 49.4 Å². The molecule has 3 aliphatic rings. The maximum Gasteiger partial charge on any atom is 0.338 e. The zero-order valence-corrected chi connectivity index (χ0v) is 21.0. The van der Waals surface area contributed by atoms with Gasteiger partial charge in [-0.05, 0) is 67.9 Å². The van der Waals surface area contributed by atoms with Crippen LogP contribution in [-0.2, 0) is 9.53 Å². The van der Waals surface area contributed by atoms with Crippen LogP contribution in [0, 0.1) is 0 Å². The Bertz CT molecular complexity index is 1170. The molecule has 2 aromatic rings. The van der Waals surface area contributed by atoms with Gasteiger partial charge in [0.15, 0.2) is 5.17 Å². The van der Waals surface area contributed by atoms with E-state index in [2.05, 4.69) is 17.0 Å². The summed E-state index contributed by atoms with van der Waals surface area (Å²) in [6.45, 7) is 2.13. The predicted octanol–water partition coefficient (Wildman–Crippen LogP) is 6.17. The highest BCUT2D eigenvalue weighted by Gasteiger charge is 2.42. The molecule has 2 aliphatic heterocycles. The summed E-state index contributed by atoms with van der Waals surface area (Å²) in [5.74, 6) is -0.301. The maximum atomic E-state index is 13.8. The summed E-state index contributed by atoms with van der Waals surface area (Å²) in [6.07, 6.45) is 5.48. The van der Waals surface area contributed by atoms with Crippen molar-refractivity contribution in [2.24, 2.45) is 4.99 Å². The second kappa shape index (κ2) is 9.88. The SMILES string of the molecule is CCOC(=O)c1ccc(N=C2SC(=C3Sc4ccccc4N3C)C(=O)N2C2CCCCC2)cc1. The van der Waals surface area contributed by atoms with E-state index >= 15 is 0 Å². The fraction of sp³-hybridized carbons (Fsp3) is 0.346. The molecule has 2 fully saturated rings. The molecule has 2 aromatic carbocycles. The van der Waals surface area contributed by atoms with Gasteiger partial charge < -0.3 is 9.64 Å². The van der Waals surface area contributed by atoms with Crippen LogP contribution in [-0.4, -0.2) is 41.6 Å². The van der Waals surface area contributed by atoms with E-state index < -0.39 is 0 Å². The van der Waals surface area contributed by atoms with Crippen molar-refractivity contribution < 1.29 is 14.3 Å². The van der Waals surface area contributed by atoms with Gasteiger partial charge in [0.05, 0.1) is 28.6 Å². The molecule has 176 valence electrons. The molecule has 34 heavy (non-hydrogen) atoms. The van der Waals surface area contributed by atoms with Crippen LogP contribution in [0.3, 0.4) is 0 Å². The Morgan fingerprint density at radius 1 is 1.06 bits per heavy atom. The highest BCUT2D eigenvalue weighted by molar-refractivity contribution is 8.19. The number of hydrogen-bond acceptors (Lipinski definition) is 7. The number of esters is 1. The number of carbonyl (C=O) groups excluding carboxylic acids is 2. The Hall–Kier alpha value is -2.71. The average molecular weight is 494 g/mol. The Morgan fingerprint density at radius 3 is 2.50 bits per heavy atom. The monoisotopic (exact) mass is 493 g/mol. The molecule has 0 bridgehead atoms. The number of fused-ring (bicyclic) bond motifs is 1. The van der Waals surface area contributed by atoms with E-state index in [9.17, 15) is 9.59 Å². The second-order valence-electron chi connectivity index (χ2n) is 8.49. The number of ether oxygens (including phenoxy) is 1. The largest absolute Gasteiger partial charge is 0.462 e. The minimum atomic E-state index is -0.344. The first-order valence-corrected chi connectivity index (χ1v) is 13.3. The molecule has 0 aromatic heterocycles. The van der Waals surface area contributed by atoms with E-state index in [1.807, 2.05) is 24.1 Å². The topological polar surface area (TPSA) is 62.2 Å². The number of rotatable bonds is 4. The molecule has 1 saturated heterocycles. The van der Waals surface area contributed by atoms with E-state index in [1.54, 1.807) is 43.0 Å². The van der Waals surface area contributed by atoms with E-state index in [0.717, 1.165) is 46.2 Å². The van der Waals surface area contributed by atoms with Crippen molar-refractivity contribution in [3.05, 3.63) is 64.0 Å². The number of nitrogens with zero attached hydrogens (tertiary/aromatic N) is 3. The van der Waals surface area contributed by atoms with Crippen LogP contribution in [0.15, 0.2) is 68.4 Å². The van der Waals surface area contributed by atoms with Crippen molar-refractivity contribution in [3.63, 3.8) is 0 Å². The van der Waals surface area contributed by atoms with Crippen molar-refractivity contribution in [2.45, 2.75) is 50.0 Å². The molecular formula is C26H27N3O3S2. The molecule has 0 unspecified atom stereocenters. The number of thioether (sulfide) groups is 2. The standard InChI is InChI=1S/C26H27N3O3S2/c1-3-32-25(31)17-13-15-18(16-14-17)27-26-29(19-9-5-4-6-10-19)23(30)22(34-26)24-28(2)20-11-7-8-12-21(20)33-24/h7-8,11-16,19H,3-6,9-10H2,1-2H3. The molecule has 1 aliphatic carbocycles. The van der Waals surface area contributed by atoms with Crippen molar-refractivity contribution in [2.75, 3.05) is 18.6 Å². The highest BCUT2D eigenvalue weighted by atomic mass is 32.2. The smallest absolute Gasteiger partial charge is 0.338 e. The summed E-state index contributed by atoms with van der Waals surface area (Å²) in [4.78, 5) is 36.6. The van der Waals surface area contributed by atoms with Crippen molar-refractivity contribution in [1.82, 2.24) is 4.90 Å². The fourth-order valence-electron chi connectivity index (χ4n) is 4.55. The molecular weight excluding hydrogens is 466 g/mol. The van der Waals surface area contributed by atoms with Gasteiger partial charge in [0.25, 0.3) is 5.91 Å². The zero-order chi connectivity index (χ0) is 23.7. The normalized spacial score (nSPS) is 21.9. The highest BCUT2D eigenvalue weighted by Crippen LogP contribution is 2.50. The summed E-state index contributed by atoms with van der Waals surface area (Å²) >= 11 is 3.10. The molecule has 5 rings (SSSR count). The van der Waals surface area contributed by atoms with Crippen molar-refractivity contribution in [1.29, 1.82) is 0 Å². The van der Waals surface area contributed by atoms with Gasteiger partial charge in [-0.3, -0.25) is 9.69 Å². The minimum absolute atomic E-state index is 0.0425. The van der Waals surface area contributed by atoms with Gasteiger partial charge >= 0.3 is 5.97 Å². The van der Waals surface area contributed by atoms with Crippen LogP contribution in [0.25, 0.3) is 0 Å². The number of aliphatic imine (C=N–C) groups is 1. The van der Waals surface area contributed by atoms with E-state index in [-0.39, 0.29) is 17.9 Å². The van der Waals surface area contributed by atoms with Crippen LogP contribution in [0.4, 0.5) is 11.4 Å². The number of amidine groups is 1. The van der Waals surface area contributed by atoms with Crippen molar-refractivity contribution in [3.8, 4) is 0 Å². The fourth-order valence-corrected chi connectivity index (χ4v) is 6.96. The number of anilines is 1. The van der Waals surface area contributed by atoms with Gasteiger partial charge in [-0.25, -0.2) is 9.79 Å². The lowest BCUT2D eigenvalue weighted by molar-refractivity contribution is -0.124. The first-order valence-electron chi connectivity index (χ1n) is 11.7. The predicted molar refractivity (Wildman–Crippen MR) is 139 cm³/mol. The molecule has 0 radical (unpaired) electrons. The quantitative estimate of drug-likeness (QED) is 0.375. The molecule has 6 nitrogen and oxygen atoms in total. The summed E-state index contributed by atoms with van der Waals surface area (Å²) in [7, 11) is 2.02. The van der Waals surface area contributed by atoms with E-state index in [0.29, 0.717) is 23.0 Å². The lowest BCUT2D eigenvalue weighted by atomic mass is 9.94. The Balaban J connectivity index is 1.49. The van der Waals surface area contributed by atoms with Gasteiger partial charge in [0.1, 0.15) is 4.91 Å². The van der Waals surface area contributed by atoms with Gasteiger partial charge in [-0.15, -0.1) is 0 Å². The molecule has 0 spiro atoms. The number of hydrogen-bond donors (Lipinski definition) is 0. The molecule has 1 amide bonds. The minimum Gasteiger partial charge on any atom is -0.462 e. The summed E-state index contributed by atoms with van der Waals surface area (Å²) < 4.78 is 5.07. The molecule has 1 saturated carbocycles. The van der Waals surface area contributed by atoms with Gasteiger partial charge in [0.2, 0.25) is 0 Å². The number of carbonyl (C=O) groups is 2.